The molecule has 1 aromatic carbocycles. The minimum Gasteiger partial charge on any atom is -0.497 e. The molecular weight excluding hydrogens is 773 g/mol. The highest BCUT2D eigenvalue weighted by atomic mass is 32.2. The van der Waals surface area contributed by atoms with E-state index >= 15 is 0 Å². The molecule has 3 aromatic rings. The highest BCUT2D eigenvalue weighted by molar-refractivity contribution is 7.90. The van der Waals surface area contributed by atoms with Gasteiger partial charge in [0.05, 0.1) is 59.7 Å². The van der Waals surface area contributed by atoms with Crippen LogP contribution in [0.5, 0.6) is 11.5 Å². The first kappa shape index (κ1) is 41.2. The second-order valence-electron chi connectivity index (χ2n) is 17.2. The molecule has 310 valence electrons. The summed E-state index contributed by atoms with van der Waals surface area (Å²) in [7, 11) is -2.37. The zero-order valence-electron chi connectivity index (χ0n) is 33.1. The van der Waals surface area contributed by atoms with Crippen molar-refractivity contribution in [1.82, 2.24) is 24.5 Å². The Morgan fingerprint density at radius 2 is 1.86 bits per heavy atom. The number of amides is 3. The molecule has 5 atom stereocenters. The van der Waals surface area contributed by atoms with E-state index in [9.17, 15) is 36.4 Å². The van der Waals surface area contributed by atoms with Gasteiger partial charge in [0.1, 0.15) is 17.6 Å². The number of hydrogen-bond donors (Lipinski definition) is 1. The van der Waals surface area contributed by atoms with Crippen molar-refractivity contribution in [2.24, 2.45) is 22.7 Å². The largest absolute Gasteiger partial charge is 0.497 e. The Kier molecular flexibility index (Phi) is 10.9. The average molecular weight is 822 g/mol. The maximum absolute atomic E-state index is 14.8. The molecule has 2 aliphatic carbocycles. The van der Waals surface area contributed by atoms with Crippen LogP contribution in [0.25, 0.3) is 22.3 Å². The lowest BCUT2D eigenvalue weighted by Crippen LogP contribution is -2.49. The number of likely N-dealkylation sites (tertiary alicyclic amines) is 2. The number of allylic oxidation sites excluding steroid dienone is 1. The molecule has 1 N–H and O–H groups in total. The van der Waals surface area contributed by atoms with E-state index in [0.29, 0.717) is 46.6 Å². The van der Waals surface area contributed by atoms with Gasteiger partial charge in [-0.15, -0.1) is 6.58 Å². The SMILES string of the molecule is C=C[C@@H]1C[C@]1(CC(=O)[C@@H]1C[C@@H](Oc2cc(-c3ccccn3)nc3cc(OC)ccc23)CN1C(=O)[C@@H](CC(=O)N1CCC(F)(F)C1)C(C)(C)C)C(=O)NS(=O)(=O)C1CC1. The Morgan fingerprint density at radius 3 is 2.47 bits per heavy atom. The summed E-state index contributed by atoms with van der Waals surface area (Å²) in [4.78, 5) is 68.2. The van der Waals surface area contributed by atoms with Crippen LogP contribution in [-0.2, 0) is 29.2 Å². The summed E-state index contributed by atoms with van der Waals surface area (Å²) in [5, 5.41) is -0.0219. The number of ketones is 1. The first-order chi connectivity index (χ1) is 27.3. The van der Waals surface area contributed by atoms with E-state index in [-0.39, 0.29) is 38.8 Å². The maximum atomic E-state index is 14.8. The summed E-state index contributed by atoms with van der Waals surface area (Å²) >= 11 is 0. The Bertz CT molecular complexity index is 2250. The van der Waals surface area contributed by atoms with E-state index < -0.39 is 92.5 Å². The van der Waals surface area contributed by atoms with Crippen molar-refractivity contribution in [3.63, 3.8) is 0 Å². The summed E-state index contributed by atoms with van der Waals surface area (Å²) in [5.41, 5.74) is -0.565. The second-order valence-corrected chi connectivity index (χ2v) is 19.1. The minimum atomic E-state index is -3.91. The number of rotatable bonds is 14. The van der Waals surface area contributed by atoms with E-state index in [4.69, 9.17) is 14.5 Å². The van der Waals surface area contributed by atoms with Crippen molar-refractivity contribution >= 4 is 44.4 Å². The average Bonchev–Trinajstić information content (AvgIpc) is 4.09. The van der Waals surface area contributed by atoms with Gasteiger partial charge in [0.2, 0.25) is 27.7 Å². The number of methoxy groups -OCH3 is 1. The molecule has 4 heterocycles. The number of pyridine rings is 2. The molecule has 7 rings (SSSR count). The van der Waals surface area contributed by atoms with Crippen LogP contribution in [0, 0.1) is 22.7 Å². The number of halogens is 2. The fraction of sp³-hybridized carbons (Fsp3) is 0.524. The first-order valence-corrected chi connectivity index (χ1v) is 21.1. The quantitative estimate of drug-likeness (QED) is 0.210. The van der Waals surface area contributed by atoms with Gasteiger partial charge in [0, 0.05) is 55.9 Å². The fourth-order valence-corrected chi connectivity index (χ4v) is 9.57. The molecule has 2 saturated heterocycles. The van der Waals surface area contributed by atoms with Gasteiger partial charge in [-0.2, -0.15) is 0 Å². The lowest BCUT2D eigenvalue weighted by Gasteiger charge is -2.35. The van der Waals surface area contributed by atoms with Crippen LogP contribution < -0.4 is 14.2 Å². The number of aromatic nitrogens is 2. The van der Waals surface area contributed by atoms with Gasteiger partial charge >= 0.3 is 0 Å². The number of sulfonamides is 1. The van der Waals surface area contributed by atoms with Crippen molar-refractivity contribution in [3.8, 4) is 22.9 Å². The highest BCUT2D eigenvalue weighted by Crippen LogP contribution is 2.57. The molecule has 3 amide bonds. The van der Waals surface area contributed by atoms with Crippen LogP contribution in [0.2, 0.25) is 0 Å². The molecule has 13 nitrogen and oxygen atoms in total. The molecule has 2 aromatic heterocycles. The van der Waals surface area contributed by atoms with Gasteiger partial charge in [-0.25, -0.2) is 22.2 Å². The van der Waals surface area contributed by atoms with Crippen molar-refractivity contribution < 1.29 is 45.9 Å². The van der Waals surface area contributed by atoms with E-state index in [1.54, 1.807) is 70.5 Å². The van der Waals surface area contributed by atoms with Crippen LogP contribution in [-0.4, -0.2) is 102 Å². The standard InChI is InChI=1S/C42H49F2N5O8S/c1-6-25-21-41(25,39(53)47-58(54,55)28-11-12-28)22-35(50)34-18-27(23-49(34)38(52)30(40(2,3)4)19-37(51)48-16-14-42(43,44)24-48)57-36-20-33(31-9-7-8-15-45-31)46-32-17-26(56-5)10-13-29(32)36/h6-10,13,15,17,20,25,27-28,30,34H,1,11-12,14,16,18-19,21-24H2,2-5H3,(H,47,53)/t25-,27-,30-,34+,41-/m1/s1. The third-order valence-corrected chi connectivity index (χ3v) is 13.7. The summed E-state index contributed by atoms with van der Waals surface area (Å²) < 4.78 is 68.2. The van der Waals surface area contributed by atoms with E-state index in [1.165, 1.54) is 11.0 Å². The van der Waals surface area contributed by atoms with Crippen LogP contribution in [0.3, 0.4) is 0 Å². The number of carbonyl (C=O) groups excluding carboxylic acids is 4. The van der Waals surface area contributed by atoms with Gasteiger partial charge in [0.15, 0.2) is 5.78 Å². The van der Waals surface area contributed by atoms with Gasteiger partial charge < -0.3 is 19.3 Å². The molecule has 4 aliphatic rings. The number of benzene rings is 1. The fourth-order valence-electron chi connectivity index (χ4n) is 8.18. The summed E-state index contributed by atoms with van der Waals surface area (Å²) in [6.45, 7) is 8.21. The molecule has 0 unspecified atom stereocenters. The molecule has 2 aliphatic heterocycles. The number of nitrogens with one attached hydrogen (secondary N) is 1. The number of nitrogens with zero attached hydrogens (tertiary/aromatic N) is 4. The third-order valence-electron chi connectivity index (χ3n) is 11.9. The molecule has 4 fully saturated rings. The smallest absolute Gasteiger partial charge is 0.267 e. The van der Waals surface area contributed by atoms with E-state index in [1.807, 2.05) is 6.07 Å². The third kappa shape index (κ3) is 8.43. The van der Waals surface area contributed by atoms with Crippen LogP contribution in [0.4, 0.5) is 8.78 Å². The van der Waals surface area contributed by atoms with Gasteiger partial charge in [-0.05, 0) is 54.9 Å². The molecule has 16 heteroatoms. The monoisotopic (exact) mass is 821 g/mol. The molecule has 0 radical (unpaired) electrons. The summed E-state index contributed by atoms with van der Waals surface area (Å²) in [6, 6.07) is 11.3. The Hall–Kier alpha value is -4.99. The normalized spacial score (nSPS) is 24.6. The Labute approximate surface area is 336 Å². The molecular formula is C42H49F2N5O8S. The van der Waals surface area contributed by atoms with Crippen molar-refractivity contribution in [3.05, 3.63) is 61.3 Å². The molecule has 2 saturated carbocycles. The summed E-state index contributed by atoms with van der Waals surface area (Å²) in [5.74, 6) is -5.87. The van der Waals surface area contributed by atoms with Gasteiger partial charge in [-0.1, -0.05) is 32.9 Å². The van der Waals surface area contributed by atoms with Crippen LogP contribution >= 0.6 is 0 Å². The summed E-state index contributed by atoms with van der Waals surface area (Å²) in [6.07, 6.45) is 2.35. The van der Waals surface area contributed by atoms with Gasteiger partial charge in [-0.3, -0.25) is 28.9 Å². The van der Waals surface area contributed by atoms with Gasteiger partial charge in [0.25, 0.3) is 5.92 Å². The molecule has 0 bridgehead atoms. The minimum absolute atomic E-state index is 0.0173. The number of carbonyl (C=O) groups is 4. The van der Waals surface area contributed by atoms with Crippen molar-refractivity contribution in [2.75, 3.05) is 26.7 Å². The number of fused-ring (bicyclic) bond motifs is 1. The molecule has 0 spiro atoms. The number of alkyl halides is 2. The number of ether oxygens (including phenoxy) is 2. The lowest BCUT2D eigenvalue weighted by atomic mass is 9.77. The second kappa shape index (κ2) is 15.3. The lowest BCUT2D eigenvalue weighted by molar-refractivity contribution is -0.148. The highest BCUT2D eigenvalue weighted by Gasteiger charge is 2.61. The Balaban J connectivity index is 1.21. The zero-order chi connectivity index (χ0) is 41.8. The predicted octanol–water partition coefficient (Wildman–Crippen LogP) is 5.33. The Morgan fingerprint density at radius 1 is 1.10 bits per heavy atom. The zero-order valence-corrected chi connectivity index (χ0v) is 33.9. The van der Waals surface area contributed by atoms with E-state index in [2.05, 4.69) is 16.3 Å². The number of hydrogen-bond acceptors (Lipinski definition) is 10. The predicted molar refractivity (Wildman–Crippen MR) is 210 cm³/mol. The molecule has 58 heavy (non-hydrogen) atoms. The van der Waals surface area contributed by atoms with Crippen LogP contribution in [0.15, 0.2) is 61.3 Å². The van der Waals surface area contributed by atoms with Crippen molar-refractivity contribution in [1.29, 1.82) is 0 Å². The van der Waals surface area contributed by atoms with Crippen LogP contribution in [0.1, 0.15) is 65.7 Å². The topological polar surface area (TPSA) is 165 Å². The number of Topliss-reactive ketones (excluding diaryl/α,β-unsaturated/α-hetero) is 1. The maximum Gasteiger partial charge on any atom is 0.267 e. The first-order valence-electron chi connectivity index (χ1n) is 19.6. The van der Waals surface area contributed by atoms with E-state index in [0.717, 1.165) is 4.90 Å². The van der Waals surface area contributed by atoms with Crippen molar-refractivity contribution in [2.45, 2.75) is 89.0 Å².